The molecule has 9 heteroatoms. The predicted octanol–water partition coefficient (Wildman–Crippen LogP) is 4.44. The van der Waals surface area contributed by atoms with Gasteiger partial charge >= 0.3 is 6.18 Å². The summed E-state index contributed by atoms with van der Waals surface area (Å²) in [6.45, 7) is 1.48. The molecule has 0 saturated carbocycles. The number of amides is 1. The van der Waals surface area contributed by atoms with Crippen molar-refractivity contribution in [2.75, 3.05) is 17.7 Å². The molecule has 0 unspecified atom stereocenters. The van der Waals surface area contributed by atoms with E-state index in [1.54, 1.807) is 7.05 Å². The second-order valence-corrected chi connectivity index (χ2v) is 5.50. The van der Waals surface area contributed by atoms with Crippen molar-refractivity contribution in [3.8, 4) is 0 Å². The lowest BCUT2D eigenvalue weighted by Crippen LogP contribution is -2.16. The molecule has 0 aliphatic heterocycles. The normalized spacial score (nSPS) is 11.1. The molecule has 1 heterocycles. The lowest BCUT2D eigenvalue weighted by Gasteiger charge is -2.13. The number of hydrogen-bond acceptors (Lipinski definition) is 4. The topological polar surface area (TPSA) is 77.9 Å². The summed E-state index contributed by atoms with van der Waals surface area (Å²) in [5, 5.41) is 12.9. The van der Waals surface area contributed by atoms with Gasteiger partial charge in [-0.05, 0) is 25.1 Å². The van der Waals surface area contributed by atoms with Gasteiger partial charge in [0.15, 0.2) is 0 Å². The summed E-state index contributed by atoms with van der Waals surface area (Å²) in [4.78, 5) is 16.4. The van der Waals surface area contributed by atoms with E-state index in [1.165, 1.54) is 25.3 Å². The van der Waals surface area contributed by atoms with E-state index in [-0.39, 0.29) is 27.5 Å². The number of halogens is 4. The molecule has 0 radical (unpaired) electrons. The van der Waals surface area contributed by atoms with Crippen LogP contribution >= 0.6 is 11.6 Å². The van der Waals surface area contributed by atoms with Gasteiger partial charge in [0.2, 0.25) is 0 Å². The first-order chi connectivity index (χ1) is 11.6. The third kappa shape index (κ3) is 4.08. The number of carbonyl (C=O) groups excluding carboxylic acids is 1. The number of rotatable bonds is 4. The van der Waals surface area contributed by atoms with Crippen molar-refractivity contribution in [1.29, 1.82) is 5.41 Å². The van der Waals surface area contributed by atoms with Crippen molar-refractivity contribution in [3.63, 3.8) is 0 Å². The molecule has 0 spiro atoms. The molecule has 5 nitrogen and oxygen atoms in total. The molecule has 0 bridgehead atoms. The first-order valence-corrected chi connectivity index (χ1v) is 7.43. The molecular weight excluding hydrogens is 357 g/mol. The smallest absolute Gasteiger partial charge is 0.373 e. The first-order valence-electron chi connectivity index (χ1n) is 7.05. The zero-order valence-electron chi connectivity index (χ0n) is 13.3. The van der Waals surface area contributed by atoms with Crippen LogP contribution in [0.25, 0.3) is 0 Å². The van der Waals surface area contributed by atoms with E-state index < -0.39 is 17.6 Å². The minimum absolute atomic E-state index is 0.00340. The van der Waals surface area contributed by atoms with Gasteiger partial charge in [-0.2, -0.15) is 13.2 Å². The second-order valence-electron chi connectivity index (χ2n) is 5.12. The maximum absolute atomic E-state index is 12.7. The molecule has 0 aliphatic rings. The van der Waals surface area contributed by atoms with Crippen LogP contribution in [-0.4, -0.2) is 23.7 Å². The van der Waals surface area contributed by atoms with E-state index in [1.807, 2.05) is 0 Å². The van der Waals surface area contributed by atoms with Crippen LogP contribution in [-0.2, 0) is 6.18 Å². The molecule has 1 aromatic carbocycles. The van der Waals surface area contributed by atoms with E-state index in [9.17, 15) is 18.0 Å². The van der Waals surface area contributed by atoms with Crippen LogP contribution in [0.5, 0.6) is 0 Å². The Morgan fingerprint density at radius 1 is 1.32 bits per heavy atom. The van der Waals surface area contributed by atoms with Crippen molar-refractivity contribution in [2.24, 2.45) is 0 Å². The quantitative estimate of drug-likeness (QED) is 0.696. The van der Waals surface area contributed by atoms with Gasteiger partial charge in [0, 0.05) is 24.6 Å². The maximum atomic E-state index is 12.7. The van der Waals surface area contributed by atoms with Crippen LogP contribution in [0.1, 0.15) is 28.4 Å². The molecule has 1 aromatic heterocycles. The van der Waals surface area contributed by atoms with Crippen molar-refractivity contribution < 1.29 is 18.0 Å². The highest BCUT2D eigenvalue weighted by Crippen LogP contribution is 2.31. The minimum atomic E-state index is -4.52. The van der Waals surface area contributed by atoms with Crippen LogP contribution in [0.3, 0.4) is 0 Å². The molecule has 0 saturated heterocycles. The molecule has 1 amide bonds. The number of nitrogens with zero attached hydrogens (tertiary/aromatic N) is 1. The van der Waals surface area contributed by atoms with Crippen molar-refractivity contribution in [2.45, 2.75) is 13.1 Å². The number of pyridine rings is 1. The molecular formula is C16H14ClF3N4O. The van der Waals surface area contributed by atoms with Gasteiger partial charge in [-0.15, -0.1) is 0 Å². The number of anilines is 2. The molecule has 0 atom stereocenters. The van der Waals surface area contributed by atoms with Gasteiger partial charge in [-0.1, -0.05) is 17.7 Å². The Hall–Kier alpha value is -2.61. The fourth-order valence-corrected chi connectivity index (χ4v) is 2.52. The second kappa shape index (κ2) is 7.10. The molecule has 2 aromatic rings. The zero-order valence-corrected chi connectivity index (χ0v) is 14.0. The Morgan fingerprint density at radius 3 is 2.56 bits per heavy atom. The van der Waals surface area contributed by atoms with E-state index >= 15 is 0 Å². The number of alkyl halides is 3. The van der Waals surface area contributed by atoms with E-state index in [2.05, 4.69) is 15.6 Å². The zero-order chi connectivity index (χ0) is 18.8. The van der Waals surface area contributed by atoms with Gasteiger partial charge < -0.3 is 16.0 Å². The molecule has 0 aliphatic carbocycles. The Morgan fingerprint density at radius 2 is 2.00 bits per heavy atom. The Labute approximate surface area is 146 Å². The van der Waals surface area contributed by atoms with Crippen LogP contribution < -0.4 is 10.6 Å². The Kier molecular flexibility index (Phi) is 5.32. The number of carbonyl (C=O) groups is 1. The molecule has 2 rings (SSSR count). The SMILES string of the molecule is CNc1ncc(C(=O)Nc2cccc(C(F)(F)F)c2)c(Cl)c1C(C)=N. The highest BCUT2D eigenvalue weighted by Gasteiger charge is 2.30. The van der Waals surface area contributed by atoms with Gasteiger partial charge in [0.25, 0.3) is 5.91 Å². The highest BCUT2D eigenvalue weighted by molar-refractivity contribution is 6.38. The molecule has 0 fully saturated rings. The van der Waals surface area contributed by atoms with Crippen molar-refractivity contribution >= 4 is 34.7 Å². The summed E-state index contributed by atoms with van der Waals surface area (Å²) in [6, 6.07) is 4.25. The third-order valence-electron chi connectivity index (χ3n) is 3.32. The van der Waals surface area contributed by atoms with Gasteiger partial charge in [-0.3, -0.25) is 4.79 Å². The van der Waals surface area contributed by atoms with Crippen molar-refractivity contribution in [1.82, 2.24) is 4.98 Å². The number of aromatic nitrogens is 1. The van der Waals surface area contributed by atoms with Gasteiger partial charge in [0.1, 0.15) is 5.82 Å². The average molecular weight is 371 g/mol. The largest absolute Gasteiger partial charge is 0.416 e. The lowest BCUT2D eigenvalue weighted by atomic mass is 10.1. The summed E-state index contributed by atoms with van der Waals surface area (Å²) >= 11 is 6.19. The summed E-state index contributed by atoms with van der Waals surface area (Å²) in [5.74, 6) is -0.393. The van der Waals surface area contributed by atoms with E-state index in [0.717, 1.165) is 12.1 Å². The summed E-state index contributed by atoms with van der Waals surface area (Å²) in [5.41, 5.74) is -0.603. The average Bonchev–Trinajstić information content (AvgIpc) is 2.53. The predicted molar refractivity (Wildman–Crippen MR) is 90.7 cm³/mol. The number of hydrogen-bond donors (Lipinski definition) is 3. The Balaban J connectivity index is 2.37. The maximum Gasteiger partial charge on any atom is 0.416 e. The minimum Gasteiger partial charge on any atom is -0.373 e. The fourth-order valence-electron chi connectivity index (χ4n) is 2.15. The monoisotopic (exact) mass is 370 g/mol. The van der Waals surface area contributed by atoms with E-state index in [4.69, 9.17) is 17.0 Å². The first kappa shape index (κ1) is 18.7. The molecule has 25 heavy (non-hydrogen) atoms. The summed E-state index contributed by atoms with van der Waals surface area (Å²) in [7, 11) is 1.59. The summed E-state index contributed by atoms with van der Waals surface area (Å²) < 4.78 is 38.2. The van der Waals surface area contributed by atoms with Crippen LogP contribution in [0, 0.1) is 5.41 Å². The Bertz CT molecular complexity index is 837. The van der Waals surface area contributed by atoms with E-state index in [0.29, 0.717) is 5.82 Å². The third-order valence-corrected chi connectivity index (χ3v) is 3.71. The number of benzene rings is 1. The van der Waals surface area contributed by atoms with Gasteiger partial charge in [-0.25, -0.2) is 4.98 Å². The van der Waals surface area contributed by atoms with Crippen LogP contribution in [0.4, 0.5) is 24.7 Å². The van der Waals surface area contributed by atoms with Crippen LogP contribution in [0.2, 0.25) is 5.02 Å². The standard InChI is InChI=1S/C16H14ClF3N4O/c1-8(21)12-13(17)11(7-23-14(12)22-2)15(25)24-10-5-3-4-9(6-10)16(18,19)20/h3-7,21H,1-2H3,(H,22,23)(H,24,25). The highest BCUT2D eigenvalue weighted by atomic mass is 35.5. The van der Waals surface area contributed by atoms with Crippen LogP contribution in [0.15, 0.2) is 30.5 Å². The van der Waals surface area contributed by atoms with Gasteiger partial charge in [0.05, 0.1) is 21.7 Å². The lowest BCUT2D eigenvalue weighted by molar-refractivity contribution is -0.137. The molecule has 132 valence electrons. The summed E-state index contributed by atoms with van der Waals surface area (Å²) in [6.07, 6.45) is -3.32. The van der Waals surface area contributed by atoms with Crippen molar-refractivity contribution in [3.05, 3.63) is 52.2 Å². The fraction of sp³-hybridized carbons (Fsp3) is 0.188. The molecule has 3 N–H and O–H groups in total. The number of nitrogens with one attached hydrogen (secondary N) is 3.